The third-order valence-corrected chi connectivity index (χ3v) is 5.76. The van der Waals surface area contributed by atoms with Crippen LogP contribution in [-0.4, -0.2) is 26.7 Å². The molecular weight excluding hydrogens is 345 g/mol. The summed E-state index contributed by atoms with van der Waals surface area (Å²) in [6, 6.07) is 10.2. The number of sulfonamides is 1. The number of rotatable bonds is 4. The minimum atomic E-state index is -3.35. The number of fused-ring (bicyclic) bond motifs is 1. The summed E-state index contributed by atoms with van der Waals surface area (Å²) in [5.41, 5.74) is 2.30. The summed E-state index contributed by atoms with van der Waals surface area (Å²) in [6.45, 7) is 2.01. The van der Waals surface area contributed by atoms with Crippen LogP contribution in [0.25, 0.3) is 0 Å². The van der Waals surface area contributed by atoms with E-state index < -0.39 is 21.9 Å². The molecule has 0 fully saturated rings. The van der Waals surface area contributed by atoms with E-state index in [0.717, 1.165) is 5.56 Å². The van der Waals surface area contributed by atoms with Crippen molar-refractivity contribution in [3.05, 3.63) is 53.8 Å². The van der Waals surface area contributed by atoms with Gasteiger partial charge in [-0.15, -0.1) is 0 Å². The molecule has 0 aliphatic carbocycles. The zero-order chi connectivity index (χ0) is 18.0. The molecule has 2 amide bonds. The van der Waals surface area contributed by atoms with Crippen molar-refractivity contribution in [1.82, 2.24) is 0 Å². The largest absolute Gasteiger partial charge is 0.323 e. The van der Waals surface area contributed by atoms with E-state index in [2.05, 4.69) is 10.6 Å². The van der Waals surface area contributed by atoms with Gasteiger partial charge in [-0.05, 0) is 49.2 Å². The number of hydrogen-bond acceptors (Lipinski definition) is 3. The molecule has 0 saturated heterocycles. The number of urea groups is 1. The fraction of sp³-hybridized carbons (Fsp3) is 0.235. The van der Waals surface area contributed by atoms with Gasteiger partial charge >= 0.3 is 6.03 Å². The quantitative estimate of drug-likeness (QED) is 0.876. The lowest BCUT2D eigenvalue weighted by Crippen LogP contribution is -2.30. The number of halogens is 1. The van der Waals surface area contributed by atoms with Gasteiger partial charge in [0, 0.05) is 17.9 Å². The molecule has 0 unspecified atom stereocenters. The summed E-state index contributed by atoms with van der Waals surface area (Å²) in [5.74, 6) is -0.430. The van der Waals surface area contributed by atoms with E-state index in [1.807, 2.05) is 0 Å². The smallest absolute Gasteiger partial charge is 0.308 e. The number of nitrogens with zero attached hydrogens (tertiary/aromatic N) is 1. The molecule has 1 heterocycles. The van der Waals surface area contributed by atoms with E-state index >= 15 is 0 Å². The number of anilines is 3. The molecule has 2 N–H and O–H groups in total. The number of amides is 2. The number of nitrogens with one attached hydrogen (secondary N) is 2. The van der Waals surface area contributed by atoms with Crippen LogP contribution in [0.3, 0.4) is 0 Å². The van der Waals surface area contributed by atoms with Gasteiger partial charge in [-0.25, -0.2) is 17.6 Å². The maximum absolute atomic E-state index is 13.1. The van der Waals surface area contributed by atoms with Crippen molar-refractivity contribution in [3.8, 4) is 0 Å². The first-order valence-electron chi connectivity index (χ1n) is 7.86. The van der Waals surface area contributed by atoms with Crippen LogP contribution in [0.2, 0.25) is 0 Å². The van der Waals surface area contributed by atoms with Crippen LogP contribution in [-0.2, 0) is 16.4 Å². The summed E-state index contributed by atoms with van der Waals surface area (Å²) in [6.07, 6.45) is 0.643. The summed E-state index contributed by atoms with van der Waals surface area (Å²) in [5, 5.41) is 5.17. The molecular formula is C17H18FN3O3S. The first kappa shape index (κ1) is 17.2. The van der Waals surface area contributed by atoms with Gasteiger partial charge in [-0.3, -0.25) is 4.31 Å². The first-order chi connectivity index (χ1) is 11.9. The standard InChI is InChI=1S/C17H18FN3O3S/c1-2-25(23,24)21-9-8-12-6-7-15(11-16(12)21)20-17(22)19-14-5-3-4-13(18)10-14/h3-7,10-11H,2,8-9H2,1H3,(H2,19,20,22). The highest BCUT2D eigenvalue weighted by molar-refractivity contribution is 7.92. The van der Waals surface area contributed by atoms with Crippen LogP contribution < -0.4 is 14.9 Å². The van der Waals surface area contributed by atoms with Crippen LogP contribution in [0.15, 0.2) is 42.5 Å². The highest BCUT2D eigenvalue weighted by atomic mass is 32.2. The number of carbonyl (C=O) groups is 1. The predicted octanol–water partition coefficient (Wildman–Crippen LogP) is 3.18. The van der Waals surface area contributed by atoms with E-state index in [4.69, 9.17) is 0 Å². The van der Waals surface area contributed by atoms with Gasteiger partial charge < -0.3 is 10.6 Å². The molecule has 0 bridgehead atoms. The van der Waals surface area contributed by atoms with Crippen LogP contribution in [0, 0.1) is 5.82 Å². The van der Waals surface area contributed by atoms with Crippen molar-refractivity contribution in [2.24, 2.45) is 0 Å². The molecule has 1 aliphatic rings. The third-order valence-electron chi connectivity index (χ3n) is 3.98. The Labute approximate surface area is 145 Å². The summed E-state index contributed by atoms with van der Waals surface area (Å²) in [4.78, 5) is 12.1. The maximum atomic E-state index is 13.1. The van der Waals surface area contributed by atoms with Crippen LogP contribution in [0.4, 0.5) is 26.2 Å². The molecule has 8 heteroatoms. The Bertz CT molecular complexity index is 915. The zero-order valence-electron chi connectivity index (χ0n) is 13.6. The first-order valence-corrected chi connectivity index (χ1v) is 9.47. The maximum Gasteiger partial charge on any atom is 0.323 e. The van der Waals surface area contributed by atoms with Gasteiger partial charge in [-0.2, -0.15) is 0 Å². The minimum Gasteiger partial charge on any atom is -0.308 e. The Morgan fingerprint density at radius 1 is 1.16 bits per heavy atom. The Kier molecular flexibility index (Phi) is 4.63. The van der Waals surface area contributed by atoms with Gasteiger partial charge in [0.15, 0.2) is 0 Å². The molecule has 3 rings (SSSR count). The van der Waals surface area contributed by atoms with E-state index in [1.165, 1.54) is 22.5 Å². The second-order valence-electron chi connectivity index (χ2n) is 5.66. The molecule has 6 nitrogen and oxygen atoms in total. The fourth-order valence-corrected chi connectivity index (χ4v) is 3.88. The highest BCUT2D eigenvalue weighted by Gasteiger charge is 2.28. The molecule has 0 aromatic heterocycles. The van der Waals surface area contributed by atoms with Crippen LogP contribution in [0.1, 0.15) is 12.5 Å². The SMILES string of the molecule is CCS(=O)(=O)N1CCc2ccc(NC(=O)Nc3cccc(F)c3)cc21. The second-order valence-corrected chi connectivity index (χ2v) is 7.84. The normalized spacial score (nSPS) is 13.4. The number of hydrogen-bond donors (Lipinski definition) is 2. The Morgan fingerprint density at radius 3 is 2.56 bits per heavy atom. The van der Waals surface area contributed by atoms with E-state index in [0.29, 0.717) is 30.0 Å². The molecule has 0 atom stereocenters. The van der Waals surface area contributed by atoms with Crippen LogP contribution >= 0.6 is 0 Å². The molecule has 1 aliphatic heterocycles. The number of benzene rings is 2. The highest BCUT2D eigenvalue weighted by Crippen LogP contribution is 2.33. The molecule has 132 valence electrons. The van der Waals surface area contributed by atoms with Crippen molar-refractivity contribution in [2.45, 2.75) is 13.3 Å². The van der Waals surface area contributed by atoms with Crippen molar-refractivity contribution in [3.63, 3.8) is 0 Å². The van der Waals surface area contributed by atoms with E-state index in [-0.39, 0.29) is 5.75 Å². The van der Waals surface area contributed by atoms with Gasteiger partial charge in [0.05, 0.1) is 11.4 Å². The average molecular weight is 363 g/mol. The van der Waals surface area contributed by atoms with Gasteiger partial charge in [0.2, 0.25) is 10.0 Å². The molecule has 2 aromatic rings. The summed E-state index contributed by atoms with van der Waals surface area (Å²) >= 11 is 0. The fourth-order valence-electron chi connectivity index (χ4n) is 2.73. The lowest BCUT2D eigenvalue weighted by atomic mass is 10.1. The van der Waals surface area contributed by atoms with Crippen LogP contribution in [0.5, 0.6) is 0 Å². The molecule has 0 radical (unpaired) electrons. The Morgan fingerprint density at radius 2 is 1.88 bits per heavy atom. The van der Waals surface area contributed by atoms with Crippen molar-refractivity contribution >= 4 is 33.1 Å². The van der Waals surface area contributed by atoms with E-state index in [1.54, 1.807) is 31.2 Å². The third kappa shape index (κ3) is 3.74. The van der Waals surface area contributed by atoms with Gasteiger partial charge in [-0.1, -0.05) is 12.1 Å². The summed E-state index contributed by atoms with van der Waals surface area (Å²) in [7, 11) is -3.35. The predicted molar refractivity (Wildman–Crippen MR) is 96.0 cm³/mol. The topological polar surface area (TPSA) is 78.5 Å². The van der Waals surface area contributed by atoms with Gasteiger partial charge in [0.1, 0.15) is 5.82 Å². The minimum absolute atomic E-state index is 0.0180. The molecule has 0 spiro atoms. The zero-order valence-corrected chi connectivity index (χ0v) is 14.4. The Balaban J connectivity index is 1.76. The average Bonchev–Trinajstić information content (AvgIpc) is 2.98. The molecule has 2 aromatic carbocycles. The van der Waals surface area contributed by atoms with Crippen molar-refractivity contribution in [2.75, 3.05) is 27.2 Å². The lowest BCUT2D eigenvalue weighted by molar-refractivity contribution is 0.262. The molecule has 25 heavy (non-hydrogen) atoms. The van der Waals surface area contributed by atoms with Crippen molar-refractivity contribution < 1.29 is 17.6 Å². The Hall–Kier alpha value is -2.61. The second kappa shape index (κ2) is 6.72. The van der Waals surface area contributed by atoms with Gasteiger partial charge in [0.25, 0.3) is 0 Å². The summed E-state index contributed by atoms with van der Waals surface area (Å²) < 4.78 is 38.8. The monoisotopic (exact) mass is 363 g/mol. The molecule has 0 saturated carbocycles. The number of carbonyl (C=O) groups excluding carboxylic acids is 1. The lowest BCUT2D eigenvalue weighted by Gasteiger charge is -2.19. The van der Waals surface area contributed by atoms with E-state index in [9.17, 15) is 17.6 Å². The van der Waals surface area contributed by atoms with Crippen molar-refractivity contribution in [1.29, 1.82) is 0 Å².